The Labute approximate surface area is 101 Å². The minimum atomic E-state index is -1.50. The van der Waals surface area contributed by atoms with Crippen LogP contribution >= 0.6 is 11.8 Å². The van der Waals surface area contributed by atoms with E-state index in [2.05, 4.69) is 13.8 Å². The molecule has 0 aliphatic heterocycles. The molecular formula is C11H22O4S. The topological polar surface area (TPSA) is 77.8 Å². The van der Waals surface area contributed by atoms with Crippen LogP contribution in [0.25, 0.3) is 0 Å². The van der Waals surface area contributed by atoms with Crippen LogP contribution in [0.15, 0.2) is 0 Å². The average molecular weight is 250 g/mol. The van der Waals surface area contributed by atoms with Crippen LogP contribution in [0, 0.1) is 5.92 Å². The molecule has 0 bridgehead atoms. The van der Waals surface area contributed by atoms with E-state index >= 15 is 0 Å². The van der Waals surface area contributed by atoms with Crippen molar-refractivity contribution in [2.45, 2.75) is 45.0 Å². The number of aliphatic hydroxyl groups is 3. The van der Waals surface area contributed by atoms with Crippen LogP contribution in [0.4, 0.5) is 0 Å². The van der Waals surface area contributed by atoms with E-state index in [1.54, 1.807) is 0 Å². The van der Waals surface area contributed by atoms with Gasteiger partial charge in [0.15, 0.2) is 6.29 Å². The lowest BCUT2D eigenvalue weighted by Gasteiger charge is -2.19. The van der Waals surface area contributed by atoms with Crippen molar-refractivity contribution < 1.29 is 20.1 Å². The zero-order valence-electron chi connectivity index (χ0n) is 9.87. The van der Waals surface area contributed by atoms with Crippen molar-refractivity contribution in [1.82, 2.24) is 0 Å². The second-order valence-electron chi connectivity index (χ2n) is 4.06. The second-order valence-corrected chi connectivity index (χ2v) is 5.21. The zero-order valence-corrected chi connectivity index (χ0v) is 10.7. The average Bonchev–Trinajstić information content (AvgIpc) is 2.31. The summed E-state index contributed by atoms with van der Waals surface area (Å²) in [4.78, 5) is 10.2. The van der Waals surface area contributed by atoms with Gasteiger partial charge in [-0.25, -0.2) is 0 Å². The summed E-state index contributed by atoms with van der Waals surface area (Å²) in [7, 11) is 0. The second kappa shape index (κ2) is 8.98. The Balaban J connectivity index is 3.64. The molecule has 1 unspecified atom stereocenters. The van der Waals surface area contributed by atoms with Crippen LogP contribution in [-0.4, -0.2) is 51.4 Å². The Hall–Kier alpha value is -0.100. The lowest BCUT2D eigenvalue weighted by Crippen LogP contribution is -2.39. The molecule has 0 aromatic rings. The molecule has 3 N–H and O–H groups in total. The number of aliphatic hydroxyl groups excluding tert-OH is 3. The van der Waals surface area contributed by atoms with Crippen molar-refractivity contribution in [3.8, 4) is 0 Å². The van der Waals surface area contributed by atoms with Crippen molar-refractivity contribution in [2.75, 3.05) is 11.5 Å². The van der Waals surface area contributed by atoms with E-state index in [4.69, 9.17) is 5.11 Å². The van der Waals surface area contributed by atoms with Gasteiger partial charge >= 0.3 is 0 Å². The number of carbonyl (C=O) groups excluding carboxylic acids is 1. The first kappa shape index (κ1) is 15.9. The molecular weight excluding hydrogens is 228 g/mol. The Kier molecular flexibility index (Phi) is 8.93. The highest BCUT2D eigenvalue weighted by Gasteiger charge is 2.23. The molecule has 4 nitrogen and oxygen atoms in total. The molecule has 0 radical (unpaired) electrons. The summed E-state index contributed by atoms with van der Waals surface area (Å²) < 4.78 is 0. The Bertz CT molecular complexity index is 189. The number of aldehydes is 1. The van der Waals surface area contributed by atoms with Gasteiger partial charge in [0, 0.05) is 5.75 Å². The fourth-order valence-corrected chi connectivity index (χ4v) is 2.27. The maximum Gasteiger partial charge on any atom is 0.151 e. The van der Waals surface area contributed by atoms with Gasteiger partial charge in [0.25, 0.3) is 0 Å². The van der Waals surface area contributed by atoms with E-state index in [9.17, 15) is 15.0 Å². The molecule has 5 heteroatoms. The predicted octanol–water partition coefficient (Wildman–Crippen LogP) is 0.437. The van der Waals surface area contributed by atoms with Crippen LogP contribution in [0.2, 0.25) is 0 Å². The summed E-state index contributed by atoms with van der Waals surface area (Å²) in [6, 6.07) is 0. The molecule has 0 aromatic carbocycles. The van der Waals surface area contributed by atoms with Gasteiger partial charge in [0.05, 0.1) is 6.10 Å². The number of rotatable bonds is 9. The van der Waals surface area contributed by atoms with Crippen molar-refractivity contribution >= 4 is 18.0 Å². The monoisotopic (exact) mass is 250 g/mol. The van der Waals surface area contributed by atoms with Crippen molar-refractivity contribution in [1.29, 1.82) is 0 Å². The molecule has 0 amide bonds. The number of hydrogen-bond donors (Lipinski definition) is 3. The number of thioether (sulfide) groups is 1. The molecule has 0 saturated heterocycles. The molecule has 16 heavy (non-hydrogen) atoms. The Morgan fingerprint density at radius 2 is 1.94 bits per heavy atom. The third-order valence-corrected chi connectivity index (χ3v) is 3.73. The fourth-order valence-electron chi connectivity index (χ4n) is 1.10. The highest BCUT2D eigenvalue weighted by molar-refractivity contribution is 7.99. The van der Waals surface area contributed by atoms with Gasteiger partial charge in [-0.1, -0.05) is 20.3 Å². The standard InChI is InChI=1S/C11H22O4S/c1-3-8(2)4-5-16-7-10(14)11(15)9(13)6-12/h6,8-11,13-15H,3-5,7H2,1-2H3/t8?,9-,10+,11-/m0/s1. The van der Waals surface area contributed by atoms with Crippen LogP contribution in [0.3, 0.4) is 0 Å². The largest absolute Gasteiger partial charge is 0.389 e. The van der Waals surface area contributed by atoms with Gasteiger partial charge in [-0.3, -0.25) is 0 Å². The quantitative estimate of drug-likeness (QED) is 0.409. The first-order valence-electron chi connectivity index (χ1n) is 5.60. The summed E-state index contributed by atoms with van der Waals surface area (Å²) in [5.41, 5.74) is 0. The summed E-state index contributed by atoms with van der Waals surface area (Å²) in [6.07, 6.45) is -1.49. The maximum atomic E-state index is 10.2. The van der Waals surface area contributed by atoms with Crippen LogP contribution in [0.5, 0.6) is 0 Å². The van der Waals surface area contributed by atoms with Gasteiger partial charge in [-0.05, 0) is 18.1 Å². The third-order valence-electron chi connectivity index (χ3n) is 2.62. The van der Waals surface area contributed by atoms with Crippen LogP contribution in [-0.2, 0) is 4.79 Å². The van der Waals surface area contributed by atoms with Crippen LogP contribution in [0.1, 0.15) is 26.7 Å². The lowest BCUT2D eigenvalue weighted by molar-refractivity contribution is -0.124. The summed E-state index contributed by atoms with van der Waals surface area (Å²) in [5.74, 6) is 1.91. The van der Waals surface area contributed by atoms with E-state index in [0.717, 1.165) is 18.6 Å². The SMILES string of the molecule is CCC(C)CCSC[C@@H](O)[C@@H](O)[C@@H](O)C=O. The smallest absolute Gasteiger partial charge is 0.151 e. The summed E-state index contributed by atoms with van der Waals surface area (Å²) >= 11 is 1.52. The van der Waals surface area contributed by atoms with Gasteiger partial charge < -0.3 is 20.1 Å². The molecule has 0 heterocycles. The molecule has 0 spiro atoms. The van der Waals surface area contributed by atoms with E-state index in [1.165, 1.54) is 11.8 Å². The molecule has 0 rings (SSSR count). The lowest BCUT2D eigenvalue weighted by atomic mass is 10.1. The molecule has 96 valence electrons. The Morgan fingerprint density at radius 3 is 2.44 bits per heavy atom. The van der Waals surface area contributed by atoms with Gasteiger partial charge in [-0.15, -0.1) is 0 Å². The minimum absolute atomic E-state index is 0.234. The normalized spacial score (nSPS) is 18.8. The number of carbonyl (C=O) groups is 1. The Morgan fingerprint density at radius 1 is 1.31 bits per heavy atom. The molecule has 4 atom stereocenters. The maximum absolute atomic E-state index is 10.2. The molecule has 0 saturated carbocycles. The fraction of sp³-hybridized carbons (Fsp3) is 0.909. The highest BCUT2D eigenvalue weighted by atomic mass is 32.2. The highest BCUT2D eigenvalue weighted by Crippen LogP contribution is 2.14. The third kappa shape index (κ3) is 6.48. The van der Waals surface area contributed by atoms with E-state index in [0.29, 0.717) is 11.7 Å². The first-order valence-corrected chi connectivity index (χ1v) is 6.75. The van der Waals surface area contributed by atoms with Gasteiger partial charge in [0.2, 0.25) is 0 Å². The van der Waals surface area contributed by atoms with Crippen LogP contribution < -0.4 is 0 Å². The van der Waals surface area contributed by atoms with E-state index in [-0.39, 0.29) is 6.29 Å². The van der Waals surface area contributed by atoms with E-state index < -0.39 is 18.3 Å². The molecule has 0 aliphatic rings. The molecule has 0 aromatic heterocycles. The summed E-state index contributed by atoms with van der Waals surface area (Å²) in [5, 5.41) is 27.7. The van der Waals surface area contributed by atoms with Crippen molar-refractivity contribution in [2.24, 2.45) is 5.92 Å². The van der Waals surface area contributed by atoms with Gasteiger partial charge in [0.1, 0.15) is 12.2 Å². The predicted molar refractivity (Wildman–Crippen MR) is 65.5 cm³/mol. The molecule has 0 fully saturated rings. The van der Waals surface area contributed by atoms with Crippen molar-refractivity contribution in [3.63, 3.8) is 0 Å². The zero-order chi connectivity index (χ0) is 12.6. The van der Waals surface area contributed by atoms with E-state index in [1.807, 2.05) is 0 Å². The summed E-state index contributed by atoms with van der Waals surface area (Å²) in [6.45, 7) is 4.30. The van der Waals surface area contributed by atoms with Crippen molar-refractivity contribution in [3.05, 3.63) is 0 Å². The van der Waals surface area contributed by atoms with Gasteiger partial charge in [-0.2, -0.15) is 11.8 Å². The first-order chi connectivity index (χ1) is 7.52. The number of hydrogen-bond acceptors (Lipinski definition) is 5. The molecule has 0 aliphatic carbocycles. The minimum Gasteiger partial charge on any atom is -0.389 e.